The summed E-state index contributed by atoms with van der Waals surface area (Å²) >= 11 is 0. The molecule has 7 nitrogen and oxygen atoms in total. The molecule has 50 heavy (non-hydrogen) atoms. The molecule has 1 heterocycles. The normalized spacial score (nSPS) is 18.9. The third-order valence-corrected chi connectivity index (χ3v) is 11.1. The first kappa shape index (κ1) is 35.4. The zero-order valence-electron chi connectivity index (χ0n) is 30.0. The summed E-state index contributed by atoms with van der Waals surface area (Å²) < 4.78 is 39.1. The van der Waals surface area contributed by atoms with Crippen LogP contribution >= 0.6 is 0 Å². The van der Waals surface area contributed by atoms with Gasteiger partial charge in [0.2, 0.25) is 0 Å². The van der Waals surface area contributed by atoms with Gasteiger partial charge in [0.1, 0.15) is 4.90 Å². The van der Waals surface area contributed by atoms with Crippen LogP contribution in [0.1, 0.15) is 88.5 Å². The number of hydrogen-bond acceptors (Lipinski definition) is 7. The molecule has 0 fully saturated rings. The zero-order chi connectivity index (χ0) is 36.0. The number of carbonyl (C=O) groups excluding carboxylic acids is 2. The highest BCUT2D eigenvalue weighted by atomic mass is 32.2. The van der Waals surface area contributed by atoms with Gasteiger partial charge in [0, 0.05) is 53.4 Å². The summed E-state index contributed by atoms with van der Waals surface area (Å²) in [6.07, 6.45) is 4.03. The van der Waals surface area contributed by atoms with Crippen molar-refractivity contribution in [1.29, 1.82) is 0 Å². The van der Waals surface area contributed by atoms with Crippen LogP contribution < -0.4 is 8.92 Å². The van der Waals surface area contributed by atoms with Gasteiger partial charge < -0.3 is 13.8 Å². The van der Waals surface area contributed by atoms with E-state index in [1.807, 2.05) is 38.1 Å². The van der Waals surface area contributed by atoms with Gasteiger partial charge in [0.25, 0.3) is 0 Å². The van der Waals surface area contributed by atoms with Gasteiger partial charge in [-0.2, -0.15) is 8.42 Å². The Morgan fingerprint density at radius 1 is 0.860 bits per heavy atom. The number of ether oxygens (including phenoxy) is 1. The predicted molar refractivity (Wildman–Crippen MR) is 195 cm³/mol. The van der Waals surface area contributed by atoms with Gasteiger partial charge in [-0.1, -0.05) is 87.9 Å². The first-order chi connectivity index (χ1) is 23.6. The van der Waals surface area contributed by atoms with Crippen molar-refractivity contribution in [2.24, 2.45) is 10.8 Å². The van der Waals surface area contributed by atoms with E-state index in [1.165, 1.54) is 12.1 Å². The van der Waals surface area contributed by atoms with Crippen LogP contribution in [0, 0.1) is 17.8 Å². The van der Waals surface area contributed by atoms with Crippen molar-refractivity contribution >= 4 is 21.7 Å². The van der Waals surface area contributed by atoms with E-state index in [0.29, 0.717) is 54.5 Å². The largest absolute Gasteiger partial charge is 0.490 e. The Hall–Kier alpha value is -4.43. The molecular formula is C42H47NO6S. The number of benzene rings is 3. The Kier molecular flexibility index (Phi) is 9.46. The summed E-state index contributed by atoms with van der Waals surface area (Å²) in [6.45, 7) is 16.9. The predicted octanol–water partition coefficient (Wildman–Crippen LogP) is 8.78. The van der Waals surface area contributed by atoms with Gasteiger partial charge >= 0.3 is 10.1 Å². The summed E-state index contributed by atoms with van der Waals surface area (Å²) in [5.74, 6) is -0.276. The maximum atomic E-state index is 14.4. The fraction of sp³-hybridized carbons (Fsp3) is 0.381. The molecule has 0 saturated heterocycles. The highest BCUT2D eigenvalue weighted by molar-refractivity contribution is 7.87. The van der Waals surface area contributed by atoms with E-state index >= 15 is 0 Å². The van der Waals surface area contributed by atoms with E-state index in [4.69, 9.17) is 8.92 Å². The van der Waals surface area contributed by atoms with E-state index in [-0.39, 0.29) is 51.8 Å². The lowest BCUT2D eigenvalue weighted by molar-refractivity contribution is -0.119. The summed E-state index contributed by atoms with van der Waals surface area (Å²) in [7, 11) is -4.22. The smallest absolute Gasteiger partial charge is 0.339 e. The van der Waals surface area contributed by atoms with Crippen LogP contribution in [-0.4, -0.2) is 31.5 Å². The maximum absolute atomic E-state index is 14.4. The third kappa shape index (κ3) is 6.95. The molecule has 0 amide bonds. The number of hydrogen-bond donors (Lipinski definition) is 0. The topological polar surface area (TPSA) is 90.0 Å². The van der Waals surface area contributed by atoms with Crippen molar-refractivity contribution in [2.45, 2.75) is 91.0 Å². The Morgan fingerprint density at radius 2 is 1.44 bits per heavy atom. The molecular weight excluding hydrogens is 647 g/mol. The number of allylic oxidation sites excluding steroid dienone is 5. The summed E-state index contributed by atoms with van der Waals surface area (Å²) in [6, 6.07) is 20.3. The minimum absolute atomic E-state index is 0.0222. The number of nitrogens with zero attached hydrogens (tertiary/aromatic N) is 1. The summed E-state index contributed by atoms with van der Waals surface area (Å²) in [4.78, 5) is 31.1. The van der Waals surface area contributed by atoms with Gasteiger partial charge in [-0.25, -0.2) is 0 Å². The van der Waals surface area contributed by atoms with Crippen molar-refractivity contribution < 1.29 is 26.9 Å². The van der Waals surface area contributed by atoms with Gasteiger partial charge in [-0.15, -0.1) is 6.58 Å². The van der Waals surface area contributed by atoms with Crippen molar-refractivity contribution in [3.63, 3.8) is 0 Å². The molecule has 8 heteroatoms. The molecule has 0 spiro atoms. The van der Waals surface area contributed by atoms with E-state index in [1.54, 1.807) is 24.3 Å². The summed E-state index contributed by atoms with van der Waals surface area (Å²) in [5.41, 5.74) is 5.91. The standard InChI is InChI=1S/C42H47NO6S/c1-8-13-29-20-30(21-36(48-9-2)40(29)49-50(46,47)31-18-16-27(3)17-19-31)37-38-32(22-41(4,5)24-34(38)44)43(26-28-14-11-10-12-15-28)33-23-42(6,7)25-35(45)39(33)37/h8,10-12,14-21,37H,1,9,13,22-26H2,2-7H3. The van der Waals surface area contributed by atoms with Crippen molar-refractivity contribution in [2.75, 3.05) is 6.61 Å². The van der Waals surface area contributed by atoms with E-state index < -0.39 is 16.0 Å². The molecule has 3 aromatic rings. The molecule has 6 rings (SSSR count). The zero-order valence-corrected chi connectivity index (χ0v) is 30.8. The van der Waals surface area contributed by atoms with Crippen LogP contribution in [0.15, 0.2) is 107 Å². The van der Waals surface area contributed by atoms with Crippen LogP contribution in [0.5, 0.6) is 11.5 Å². The van der Waals surface area contributed by atoms with Gasteiger partial charge in [-0.05, 0) is 73.3 Å². The fourth-order valence-electron chi connectivity index (χ4n) is 7.72. The minimum Gasteiger partial charge on any atom is -0.490 e. The molecule has 0 saturated carbocycles. The van der Waals surface area contributed by atoms with Crippen LogP contribution in [0.3, 0.4) is 0 Å². The van der Waals surface area contributed by atoms with Crippen LogP contribution in [-0.2, 0) is 32.7 Å². The molecule has 0 unspecified atom stereocenters. The SMILES string of the molecule is C=CCc1cc(C2C3=C(CC(C)(C)CC3=O)N(Cc3ccccc3)C3=C2C(=O)CC(C)(C)C3)cc(OCC)c1OS(=O)(=O)c1ccc(C)cc1. The van der Waals surface area contributed by atoms with E-state index in [0.717, 1.165) is 22.5 Å². The molecule has 0 atom stereocenters. The second-order valence-corrected chi connectivity index (χ2v) is 16.9. The lowest BCUT2D eigenvalue weighted by Crippen LogP contribution is -2.44. The van der Waals surface area contributed by atoms with Crippen molar-refractivity contribution in [1.82, 2.24) is 4.90 Å². The van der Waals surface area contributed by atoms with E-state index in [9.17, 15) is 18.0 Å². The van der Waals surface area contributed by atoms with Crippen molar-refractivity contribution in [3.8, 4) is 11.5 Å². The average molecular weight is 694 g/mol. The monoisotopic (exact) mass is 693 g/mol. The highest BCUT2D eigenvalue weighted by Crippen LogP contribution is 2.55. The highest BCUT2D eigenvalue weighted by Gasteiger charge is 2.49. The Morgan fingerprint density at radius 3 is 1.98 bits per heavy atom. The Labute approximate surface area is 296 Å². The summed E-state index contributed by atoms with van der Waals surface area (Å²) in [5, 5.41) is 0. The Balaban J connectivity index is 1.58. The molecule has 0 bridgehead atoms. The van der Waals surface area contributed by atoms with Crippen LogP contribution in [0.4, 0.5) is 0 Å². The van der Waals surface area contributed by atoms with Crippen molar-refractivity contribution in [3.05, 3.63) is 124 Å². The lowest BCUT2D eigenvalue weighted by atomic mass is 9.63. The molecule has 0 aromatic heterocycles. The average Bonchev–Trinajstić information content (AvgIpc) is 3.03. The second-order valence-electron chi connectivity index (χ2n) is 15.4. The van der Waals surface area contributed by atoms with Crippen LogP contribution in [0.2, 0.25) is 0 Å². The first-order valence-electron chi connectivity index (χ1n) is 17.4. The quantitative estimate of drug-likeness (QED) is 0.155. The number of carbonyl (C=O) groups is 2. The van der Waals surface area contributed by atoms with E-state index in [2.05, 4.69) is 51.3 Å². The second kappa shape index (κ2) is 13.4. The molecule has 2 aliphatic carbocycles. The molecule has 1 aliphatic heterocycles. The fourth-order valence-corrected chi connectivity index (χ4v) is 8.69. The van der Waals surface area contributed by atoms with Gasteiger partial charge in [-0.3, -0.25) is 9.59 Å². The molecule has 262 valence electrons. The molecule has 0 N–H and O–H groups in total. The number of Topliss-reactive ketones (excluding diaryl/α,β-unsaturated/α-hetero) is 2. The first-order valence-corrected chi connectivity index (χ1v) is 18.8. The number of ketones is 2. The minimum atomic E-state index is -4.22. The molecule has 3 aliphatic rings. The van der Waals surface area contributed by atoms with Gasteiger partial charge in [0.05, 0.1) is 6.61 Å². The number of rotatable bonds is 10. The third-order valence-electron chi connectivity index (χ3n) is 9.86. The molecule has 0 radical (unpaired) electrons. The Bertz CT molecular complexity index is 1970. The van der Waals surface area contributed by atoms with Crippen LogP contribution in [0.25, 0.3) is 0 Å². The number of aryl methyl sites for hydroxylation is 1. The lowest BCUT2D eigenvalue weighted by Gasteiger charge is -2.49. The maximum Gasteiger partial charge on any atom is 0.339 e. The van der Waals surface area contributed by atoms with Gasteiger partial charge in [0.15, 0.2) is 23.1 Å². The molecule has 3 aromatic carbocycles.